The molecule has 1 unspecified atom stereocenters. The molecule has 1 aliphatic rings. The predicted molar refractivity (Wildman–Crippen MR) is 84.3 cm³/mol. The number of likely N-dealkylation sites (tertiary alicyclic amines) is 1. The fourth-order valence-electron chi connectivity index (χ4n) is 2.65. The van der Waals surface area contributed by atoms with Gasteiger partial charge >= 0.3 is 6.03 Å². The minimum atomic E-state index is -0.110. The Bertz CT molecular complexity index is 504. The van der Waals surface area contributed by atoms with Crippen molar-refractivity contribution in [2.45, 2.75) is 19.3 Å². The molecule has 3 amide bonds. The maximum absolute atomic E-state index is 12.2. The second-order valence-electron chi connectivity index (χ2n) is 5.82. The summed E-state index contributed by atoms with van der Waals surface area (Å²) in [6.07, 6.45) is 4.19. The van der Waals surface area contributed by atoms with E-state index in [1.165, 1.54) is 0 Å². The molecule has 1 aliphatic heterocycles. The third-order valence-corrected chi connectivity index (χ3v) is 3.85. The topological polar surface area (TPSA) is 65.5 Å². The zero-order chi connectivity index (χ0) is 15.9. The maximum Gasteiger partial charge on any atom is 0.319 e. The van der Waals surface area contributed by atoms with Gasteiger partial charge in [0.1, 0.15) is 0 Å². The van der Waals surface area contributed by atoms with Crippen LogP contribution in [0.5, 0.6) is 0 Å². The van der Waals surface area contributed by atoms with E-state index in [0.29, 0.717) is 13.1 Å². The standard InChI is InChI=1S/C16H24N4O2/c1-19(2)16(22)20-11-5-6-13(12-20)15(21)18-10-8-14-7-3-4-9-17-14/h3-4,7,9,13H,5-6,8,10-12H2,1-2H3,(H,18,21). The number of rotatable bonds is 4. The first-order chi connectivity index (χ1) is 10.6. The number of carbonyl (C=O) groups excluding carboxylic acids is 2. The van der Waals surface area contributed by atoms with Gasteiger partial charge in [0, 0.05) is 52.0 Å². The van der Waals surface area contributed by atoms with Crippen LogP contribution in [-0.4, -0.2) is 60.5 Å². The number of piperidine rings is 1. The van der Waals surface area contributed by atoms with Crippen LogP contribution in [0.3, 0.4) is 0 Å². The number of aromatic nitrogens is 1. The Morgan fingerprint density at radius 2 is 2.23 bits per heavy atom. The molecule has 1 aromatic heterocycles. The lowest BCUT2D eigenvalue weighted by Crippen LogP contribution is -2.48. The molecule has 2 heterocycles. The van der Waals surface area contributed by atoms with Crippen molar-refractivity contribution >= 4 is 11.9 Å². The third-order valence-electron chi connectivity index (χ3n) is 3.85. The van der Waals surface area contributed by atoms with E-state index in [2.05, 4.69) is 10.3 Å². The van der Waals surface area contributed by atoms with E-state index in [4.69, 9.17) is 0 Å². The van der Waals surface area contributed by atoms with Gasteiger partial charge in [-0.05, 0) is 25.0 Å². The number of nitrogens with one attached hydrogen (secondary N) is 1. The van der Waals surface area contributed by atoms with Crippen molar-refractivity contribution in [2.24, 2.45) is 5.92 Å². The molecule has 0 bridgehead atoms. The highest BCUT2D eigenvalue weighted by Crippen LogP contribution is 2.17. The molecule has 0 saturated carbocycles. The Morgan fingerprint density at radius 1 is 1.41 bits per heavy atom. The number of pyridine rings is 1. The van der Waals surface area contributed by atoms with E-state index >= 15 is 0 Å². The second-order valence-corrected chi connectivity index (χ2v) is 5.82. The molecule has 1 aromatic rings. The van der Waals surface area contributed by atoms with Crippen LogP contribution < -0.4 is 5.32 Å². The maximum atomic E-state index is 12.2. The minimum absolute atomic E-state index is 0.0222. The summed E-state index contributed by atoms with van der Waals surface area (Å²) in [5.74, 6) is -0.0754. The number of urea groups is 1. The van der Waals surface area contributed by atoms with Gasteiger partial charge in [-0.15, -0.1) is 0 Å². The van der Waals surface area contributed by atoms with E-state index < -0.39 is 0 Å². The first-order valence-corrected chi connectivity index (χ1v) is 7.72. The number of carbonyl (C=O) groups is 2. The van der Waals surface area contributed by atoms with Gasteiger partial charge in [-0.25, -0.2) is 4.79 Å². The number of nitrogens with zero attached hydrogens (tertiary/aromatic N) is 3. The van der Waals surface area contributed by atoms with Crippen LogP contribution in [-0.2, 0) is 11.2 Å². The van der Waals surface area contributed by atoms with E-state index in [9.17, 15) is 9.59 Å². The van der Waals surface area contributed by atoms with Crippen molar-refractivity contribution in [1.29, 1.82) is 0 Å². The van der Waals surface area contributed by atoms with E-state index in [-0.39, 0.29) is 17.9 Å². The summed E-state index contributed by atoms with van der Waals surface area (Å²) in [5.41, 5.74) is 0.968. The molecule has 0 radical (unpaired) electrons. The fourth-order valence-corrected chi connectivity index (χ4v) is 2.65. The van der Waals surface area contributed by atoms with Crippen molar-refractivity contribution in [2.75, 3.05) is 33.7 Å². The molecule has 0 spiro atoms. The summed E-state index contributed by atoms with van der Waals surface area (Å²) in [6, 6.07) is 5.74. The molecular formula is C16H24N4O2. The van der Waals surface area contributed by atoms with Crippen LogP contribution in [0.1, 0.15) is 18.5 Å². The summed E-state index contributed by atoms with van der Waals surface area (Å²) >= 11 is 0. The average molecular weight is 304 g/mol. The highest BCUT2D eigenvalue weighted by atomic mass is 16.2. The first kappa shape index (κ1) is 16.3. The van der Waals surface area contributed by atoms with Crippen LogP contribution in [0.25, 0.3) is 0 Å². The monoisotopic (exact) mass is 304 g/mol. The molecule has 0 aliphatic carbocycles. The molecule has 1 fully saturated rings. The van der Waals surface area contributed by atoms with Crippen LogP contribution in [0.4, 0.5) is 4.79 Å². The third kappa shape index (κ3) is 4.44. The van der Waals surface area contributed by atoms with Gasteiger partial charge in [0.05, 0.1) is 5.92 Å². The molecule has 120 valence electrons. The molecule has 1 N–H and O–H groups in total. The number of hydrogen-bond acceptors (Lipinski definition) is 3. The van der Waals surface area contributed by atoms with Gasteiger partial charge in [0.15, 0.2) is 0 Å². The normalized spacial score (nSPS) is 17.9. The summed E-state index contributed by atoms with van der Waals surface area (Å²) in [7, 11) is 3.47. The Hall–Kier alpha value is -2.11. The first-order valence-electron chi connectivity index (χ1n) is 7.72. The van der Waals surface area contributed by atoms with Gasteiger partial charge in [-0.3, -0.25) is 9.78 Å². The minimum Gasteiger partial charge on any atom is -0.355 e. The lowest BCUT2D eigenvalue weighted by Gasteiger charge is -2.33. The van der Waals surface area contributed by atoms with Gasteiger partial charge in [0.25, 0.3) is 0 Å². The molecule has 1 saturated heterocycles. The largest absolute Gasteiger partial charge is 0.355 e. The molecule has 22 heavy (non-hydrogen) atoms. The van der Waals surface area contributed by atoms with Crippen LogP contribution in [0, 0.1) is 5.92 Å². The smallest absolute Gasteiger partial charge is 0.319 e. The molecule has 0 aromatic carbocycles. The van der Waals surface area contributed by atoms with Crippen molar-refractivity contribution in [3.63, 3.8) is 0 Å². The summed E-state index contributed by atoms with van der Waals surface area (Å²) < 4.78 is 0. The van der Waals surface area contributed by atoms with Gasteiger partial charge in [0.2, 0.25) is 5.91 Å². The van der Waals surface area contributed by atoms with E-state index in [1.807, 2.05) is 18.2 Å². The van der Waals surface area contributed by atoms with E-state index in [0.717, 1.165) is 31.5 Å². The Morgan fingerprint density at radius 3 is 2.91 bits per heavy atom. The van der Waals surface area contributed by atoms with Crippen LogP contribution in [0.15, 0.2) is 24.4 Å². The van der Waals surface area contributed by atoms with Gasteiger partial charge in [-0.1, -0.05) is 6.07 Å². The lowest BCUT2D eigenvalue weighted by molar-refractivity contribution is -0.126. The lowest BCUT2D eigenvalue weighted by atomic mass is 9.97. The molecular weight excluding hydrogens is 280 g/mol. The van der Waals surface area contributed by atoms with Crippen molar-refractivity contribution in [1.82, 2.24) is 20.1 Å². The SMILES string of the molecule is CN(C)C(=O)N1CCCC(C(=O)NCCc2ccccn2)C1. The highest BCUT2D eigenvalue weighted by molar-refractivity contribution is 5.80. The average Bonchev–Trinajstić information content (AvgIpc) is 2.55. The van der Waals surface area contributed by atoms with Gasteiger partial charge in [-0.2, -0.15) is 0 Å². The molecule has 6 heteroatoms. The fraction of sp³-hybridized carbons (Fsp3) is 0.562. The van der Waals surface area contributed by atoms with Crippen molar-refractivity contribution in [3.05, 3.63) is 30.1 Å². The molecule has 1 atom stereocenters. The van der Waals surface area contributed by atoms with E-state index in [1.54, 1.807) is 30.1 Å². The molecule has 6 nitrogen and oxygen atoms in total. The van der Waals surface area contributed by atoms with Crippen molar-refractivity contribution < 1.29 is 9.59 Å². The molecule has 2 rings (SSSR count). The highest BCUT2D eigenvalue weighted by Gasteiger charge is 2.28. The van der Waals surface area contributed by atoms with Crippen LogP contribution >= 0.6 is 0 Å². The Labute approximate surface area is 131 Å². The second kappa shape index (κ2) is 7.77. The van der Waals surface area contributed by atoms with Crippen LogP contribution in [0.2, 0.25) is 0 Å². The summed E-state index contributed by atoms with van der Waals surface area (Å²) in [5, 5.41) is 2.96. The zero-order valence-corrected chi connectivity index (χ0v) is 13.3. The summed E-state index contributed by atoms with van der Waals surface area (Å²) in [6.45, 7) is 1.81. The zero-order valence-electron chi connectivity index (χ0n) is 13.3. The summed E-state index contributed by atoms with van der Waals surface area (Å²) in [4.78, 5) is 31.8. The number of amides is 3. The Kier molecular flexibility index (Phi) is 5.75. The predicted octanol–water partition coefficient (Wildman–Crippen LogP) is 1.13. The number of hydrogen-bond donors (Lipinski definition) is 1. The van der Waals surface area contributed by atoms with Gasteiger partial charge < -0.3 is 15.1 Å². The Balaban J connectivity index is 1.78. The quantitative estimate of drug-likeness (QED) is 0.907. The van der Waals surface area contributed by atoms with Crippen molar-refractivity contribution in [3.8, 4) is 0 Å².